The van der Waals surface area contributed by atoms with Gasteiger partial charge >= 0.3 is 0 Å². The van der Waals surface area contributed by atoms with Crippen LogP contribution in [0.15, 0.2) is 30.7 Å². The summed E-state index contributed by atoms with van der Waals surface area (Å²) in [6, 6.07) is 3.58. The van der Waals surface area contributed by atoms with Crippen molar-refractivity contribution in [1.29, 1.82) is 0 Å². The van der Waals surface area contributed by atoms with E-state index in [2.05, 4.69) is 25.6 Å². The van der Waals surface area contributed by atoms with Crippen LogP contribution in [0.5, 0.6) is 5.75 Å². The van der Waals surface area contributed by atoms with Crippen LogP contribution in [0.4, 0.5) is 5.82 Å². The van der Waals surface area contributed by atoms with Gasteiger partial charge in [0, 0.05) is 24.3 Å². The number of anilines is 1. The van der Waals surface area contributed by atoms with Crippen LogP contribution in [-0.4, -0.2) is 52.1 Å². The summed E-state index contributed by atoms with van der Waals surface area (Å²) in [4.78, 5) is 28.9. The number of hydrogen-bond acceptors (Lipinski definition) is 8. The lowest BCUT2D eigenvalue weighted by Gasteiger charge is -2.16. The van der Waals surface area contributed by atoms with Crippen LogP contribution < -0.4 is 21.1 Å². The van der Waals surface area contributed by atoms with Crippen LogP contribution in [0, 0.1) is 0 Å². The molecule has 4 N–H and O–H groups in total. The summed E-state index contributed by atoms with van der Waals surface area (Å²) in [7, 11) is 1.59. The van der Waals surface area contributed by atoms with Gasteiger partial charge in [-0.05, 0) is 25.1 Å². The Kier molecular flexibility index (Phi) is 4.51. The van der Waals surface area contributed by atoms with Crippen molar-refractivity contribution in [2.45, 2.75) is 12.5 Å². The van der Waals surface area contributed by atoms with Crippen LogP contribution >= 0.6 is 0 Å². The second-order valence-corrected chi connectivity index (χ2v) is 6.26. The molecule has 138 valence electrons. The lowest BCUT2D eigenvalue weighted by atomic mass is 10.1. The highest BCUT2D eigenvalue weighted by Crippen LogP contribution is 2.32. The molecule has 27 heavy (non-hydrogen) atoms. The number of primary amides is 1. The molecule has 1 aliphatic rings. The fourth-order valence-electron chi connectivity index (χ4n) is 3.12. The second kappa shape index (κ2) is 7.12. The van der Waals surface area contributed by atoms with Crippen molar-refractivity contribution in [3.8, 4) is 17.1 Å². The number of carbonyl (C=O) groups excluding carboxylic acids is 1. The summed E-state index contributed by atoms with van der Waals surface area (Å²) in [6.07, 6.45) is 5.81. The van der Waals surface area contributed by atoms with Gasteiger partial charge in [0.15, 0.2) is 5.82 Å². The zero-order valence-electron chi connectivity index (χ0n) is 14.8. The predicted octanol–water partition coefficient (Wildman–Crippen LogP) is 0.968. The third-order valence-corrected chi connectivity index (χ3v) is 4.46. The fraction of sp³-hybridized carbons (Fsp3) is 0.278. The van der Waals surface area contributed by atoms with E-state index in [1.165, 1.54) is 6.20 Å². The second-order valence-electron chi connectivity index (χ2n) is 6.26. The lowest BCUT2D eigenvalue weighted by molar-refractivity contribution is 0.0995. The van der Waals surface area contributed by atoms with Gasteiger partial charge in [0.25, 0.3) is 5.91 Å². The number of pyridine rings is 2. The van der Waals surface area contributed by atoms with Gasteiger partial charge in [-0.2, -0.15) is 0 Å². The molecule has 3 aromatic rings. The average Bonchev–Trinajstić information content (AvgIpc) is 3.20. The molecular weight excluding hydrogens is 346 g/mol. The summed E-state index contributed by atoms with van der Waals surface area (Å²) in [6.45, 7) is 1.81. The molecule has 0 radical (unpaired) electrons. The number of nitrogens with two attached hydrogens (primary N) is 1. The monoisotopic (exact) mass is 365 g/mol. The van der Waals surface area contributed by atoms with E-state index < -0.39 is 5.91 Å². The number of aromatic nitrogens is 4. The number of hydrogen-bond donors (Lipinski definition) is 3. The fourth-order valence-corrected chi connectivity index (χ4v) is 3.12. The van der Waals surface area contributed by atoms with Gasteiger partial charge in [-0.25, -0.2) is 9.97 Å². The SMILES string of the molecule is COc1cncc2nc(-c3ccnc(C(N)=O)c3)nc(N[C@@H]3CCNC3)c12. The Bertz CT molecular complexity index is 1000. The normalized spacial score (nSPS) is 16.4. The lowest BCUT2D eigenvalue weighted by Crippen LogP contribution is -2.23. The summed E-state index contributed by atoms with van der Waals surface area (Å²) < 4.78 is 5.46. The van der Waals surface area contributed by atoms with E-state index in [1.807, 2.05) is 0 Å². The van der Waals surface area contributed by atoms with Crippen LogP contribution in [0.2, 0.25) is 0 Å². The number of methoxy groups -OCH3 is 1. The first-order chi connectivity index (χ1) is 13.2. The maximum absolute atomic E-state index is 11.5. The molecule has 9 nitrogen and oxygen atoms in total. The highest BCUT2D eigenvalue weighted by molar-refractivity contribution is 5.96. The Labute approximate surface area is 155 Å². The van der Waals surface area contributed by atoms with Gasteiger partial charge in [0.2, 0.25) is 0 Å². The molecule has 1 saturated heterocycles. The Hall–Kier alpha value is -3.33. The van der Waals surface area contributed by atoms with Gasteiger partial charge < -0.3 is 21.1 Å². The third kappa shape index (κ3) is 3.36. The smallest absolute Gasteiger partial charge is 0.267 e. The number of amides is 1. The van der Waals surface area contributed by atoms with Crippen molar-refractivity contribution in [2.24, 2.45) is 5.73 Å². The maximum Gasteiger partial charge on any atom is 0.267 e. The van der Waals surface area contributed by atoms with Gasteiger partial charge in [0.05, 0.1) is 30.4 Å². The zero-order valence-corrected chi connectivity index (χ0v) is 14.8. The molecule has 1 aliphatic heterocycles. The van der Waals surface area contributed by atoms with Crippen molar-refractivity contribution in [2.75, 3.05) is 25.5 Å². The highest BCUT2D eigenvalue weighted by atomic mass is 16.5. The molecule has 0 unspecified atom stereocenters. The Morgan fingerprint density at radius 3 is 3.00 bits per heavy atom. The Balaban J connectivity index is 1.87. The average molecular weight is 365 g/mol. The molecule has 9 heteroatoms. The standard InChI is InChI=1S/C18H19N7O2/c1-27-14-9-21-8-13-15(14)18(23-11-3-4-20-7-11)25-17(24-13)10-2-5-22-12(6-10)16(19)26/h2,5-6,8-9,11,20H,3-4,7H2,1H3,(H2,19,26)(H,23,24,25)/t11-/m1/s1. The van der Waals surface area contributed by atoms with E-state index in [0.29, 0.717) is 28.5 Å². The van der Waals surface area contributed by atoms with Gasteiger partial charge in [-0.3, -0.25) is 14.8 Å². The first kappa shape index (κ1) is 17.1. The first-order valence-electron chi connectivity index (χ1n) is 8.59. The number of nitrogens with one attached hydrogen (secondary N) is 2. The van der Waals surface area contributed by atoms with Crippen molar-refractivity contribution < 1.29 is 9.53 Å². The summed E-state index contributed by atoms with van der Waals surface area (Å²) >= 11 is 0. The summed E-state index contributed by atoms with van der Waals surface area (Å²) in [5, 5.41) is 7.57. The van der Waals surface area contributed by atoms with E-state index in [0.717, 1.165) is 24.9 Å². The predicted molar refractivity (Wildman–Crippen MR) is 101 cm³/mol. The number of carbonyl (C=O) groups is 1. The topological polar surface area (TPSA) is 128 Å². The van der Waals surface area contributed by atoms with E-state index in [-0.39, 0.29) is 11.7 Å². The van der Waals surface area contributed by atoms with Crippen LogP contribution in [0.1, 0.15) is 16.9 Å². The minimum atomic E-state index is -0.601. The first-order valence-corrected chi connectivity index (χ1v) is 8.59. The molecule has 1 amide bonds. The van der Waals surface area contributed by atoms with E-state index >= 15 is 0 Å². The quantitative estimate of drug-likeness (QED) is 0.610. The molecule has 0 aliphatic carbocycles. The Morgan fingerprint density at radius 1 is 1.37 bits per heavy atom. The van der Waals surface area contributed by atoms with Crippen molar-refractivity contribution >= 4 is 22.6 Å². The maximum atomic E-state index is 11.5. The number of nitrogens with zero attached hydrogens (tertiary/aromatic N) is 4. The van der Waals surface area contributed by atoms with Crippen molar-refractivity contribution in [1.82, 2.24) is 25.3 Å². The number of rotatable bonds is 5. The molecule has 4 heterocycles. The third-order valence-electron chi connectivity index (χ3n) is 4.46. The molecule has 0 saturated carbocycles. The number of fused-ring (bicyclic) bond motifs is 1. The van der Waals surface area contributed by atoms with E-state index in [4.69, 9.17) is 15.5 Å². The van der Waals surface area contributed by atoms with E-state index in [9.17, 15) is 4.79 Å². The van der Waals surface area contributed by atoms with Crippen LogP contribution in [0.25, 0.3) is 22.3 Å². The molecular formula is C18H19N7O2. The molecule has 1 atom stereocenters. The highest BCUT2D eigenvalue weighted by Gasteiger charge is 2.20. The van der Waals surface area contributed by atoms with Gasteiger partial charge in [-0.15, -0.1) is 0 Å². The minimum Gasteiger partial charge on any atom is -0.494 e. The summed E-state index contributed by atoms with van der Waals surface area (Å²) in [5.74, 6) is 1.12. The van der Waals surface area contributed by atoms with Crippen LogP contribution in [-0.2, 0) is 0 Å². The molecule has 0 bridgehead atoms. The van der Waals surface area contributed by atoms with Crippen LogP contribution in [0.3, 0.4) is 0 Å². The molecule has 0 aromatic carbocycles. The van der Waals surface area contributed by atoms with Crippen molar-refractivity contribution in [3.63, 3.8) is 0 Å². The van der Waals surface area contributed by atoms with E-state index in [1.54, 1.807) is 31.6 Å². The van der Waals surface area contributed by atoms with Gasteiger partial charge in [0.1, 0.15) is 17.3 Å². The Morgan fingerprint density at radius 2 is 2.26 bits per heavy atom. The largest absolute Gasteiger partial charge is 0.494 e. The van der Waals surface area contributed by atoms with Gasteiger partial charge in [-0.1, -0.05) is 0 Å². The molecule has 0 spiro atoms. The summed E-state index contributed by atoms with van der Waals surface area (Å²) in [5.41, 5.74) is 6.79. The van der Waals surface area contributed by atoms with Crippen molar-refractivity contribution in [3.05, 3.63) is 36.4 Å². The zero-order chi connectivity index (χ0) is 18.8. The minimum absolute atomic E-state index is 0.162. The molecule has 1 fully saturated rings. The molecule has 3 aromatic heterocycles. The molecule has 4 rings (SSSR count). The number of ether oxygens (including phenoxy) is 1.